The van der Waals surface area contributed by atoms with E-state index in [9.17, 15) is 8.42 Å². The summed E-state index contributed by atoms with van der Waals surface area (Å²) in [4.78, 5) is 2.22. The maximum absolute atomic E-state index is 11.0. The molecule has 5 nitrogen and oxygen atoms in total. The fraction of sp³-hybridized carbons (Fsp3) is 0.333. The average molecular weight is 227 g/mol. The van der Waals surface area contributed by atoms with E-state index < -0.39 is 10.0 Å². The lowest BCUT2D eigenvalue weighted by molar-refractivity contribution is 0.519. The topological polar surface area (TPSA) is 89.4 Å². The Balaban J connectivity index is 2.18. The van der Waals surface area contributed by atoms with E-state index in [0.29, 0.717) is 0 Å². The van der Waals surface area contributed by atoms with Crippen molar-refractivity contribution in [3.8, 4) is 0 Å². The Kier molecular flexibility index (Phi) is 2.41. The number of rotatable bonds is 2. The van der Waals surface area contributed by atoms with Crippen LogP contribution in [0, 0.1) is 0 Å². The van der Waals surface area contributed by atoms with Gasteiger partial charge in [0.25, 0.3) is 0 Å². The lowest BCUT2D eigenvalue weighted by Crippen LogP contribution is -2.55. The molecule has 82 valence electrons. The summed E-state index contributed by atoms with van der Waals surface area (Å²) in [6.07, 6.45) is 0. The van der Waals surface area contributed by atoms with Crippen molar-refractivity contribution in [1.82, 2.24) is 0 Å². The van der Waals surface area contributed by atoms with E-state index in [1.165, 1.54) is 12.1 Å². The minimum absolute atomic E-state index is 0.135. The molecular formula is C9H13N3O2S. The molecule has 4 N–H and O–H groups in total. The van der Waals surface area contributed by atoms with Gasteiger partial charge in [-0.3, -0.25) is 0 Å². The van der Waals surface area contributed by atoms with Gasteiger partial charge in [0, 0.05) is 24.8 Å². The summed E-state index contributed by atoms with van der Waals surface area (Å²) in [6.45, 7) is 1.63. The molecule has 1 heterocycles. The van der Waals surface area contributed by atoms with E-state index in [0.717, 1.165) is 18.8 Å². The van der Waals surface area contributed by atoms with Gasteiger partial charge < -0.3 is 10.6 Å². The second-order valence-corrected chi connectivity index (χ2v) is 5.27. The standard InChI is InChI=1S/C9H13N3O2S/c10-7-5-12(6-7)8-1-3-9(4-2-8)15(11,13)14/h1-4,7H,5-6,10H2,(H2,11,13,14). The summed E-state index contributed by atoms with van der Waals surface area (Å²) >= 11 is 0. The van der Waals surface area contributed by atoms with Crippen molar-refractivity contribution < 1.29 is 8.42 Å². The van der Waals surface area contributed by atoms with Crippen molar-refractivity contribution in [2.45, 2.75) is 10.9 Å². The predicted molar refractivity (Wildman–Crippen MR) is 58.0 cm³/mol. The van der Waals surface area contributed by atoms with E-state index in [2.05, 4.69) is 4.90 Å². The molecule has 0 amide bonds. The van der Waals surface area contributed by atoms with Gasteiger partial charge in [0.05, 0.1) is 4.90 Å². The number of anilines is 1. The maximum atomic E-state index is 11.0. The normalized spacial score (nSPS) is 17.6. The lowest BCUT2D eigenvalue weighted by atomic mass is 10.1. The van der Waals surface area contributed by atoms with Gasteiger partial charge in [0.1, 0.15) is 0 Å². The van der Waals surface area contributed by atoms with Crippen LogP contribution in [0.15, 0.2) is 29.2 Å². The molecule has 0 atom stereocenters. The molecule has 0 aromatic heterocycles. The SMILES string of the molecule is NC1CN(c2ccc(S(N)(=O)=O)cc2)C1. The van der Waals surface area contributed by atoms with Crippen LogP contribution in [0.1, 0.15) is 0 Å². The van der Waals surface area contributed by atoms with Crippen molar-refractivity contribution >= 4 is 15.7 Å². The van der Waals surface area contributed by atoms with Gasteiger partial charge in [0.15, 0.2) is 0 Å². The number of hydrogen-bond donors (Lipinski definition) is 2. The summed E-state index contributed by atoms with van der Waals surface area (Å²) in [5, 5.41) is 4.99. The smallest absolute Gasteiger partial charge is 0.238 e. The molecule has 0 bridgehead atoms. The zero-order chi connectivity index (χ0) is 11.1. The first-order valence-corrected chi connectivity index (χ1v) is 6.15. The summed E-state index contributed by atoms with van der Waals surface area (Å²) in [6, 6.07) is 6.73. The predicted octanol–water partition coefficient (Wildman–Crippen LogP) is -0.519. The molecule has 0 aliphatic carbocycles. The molecule has 2 rings (SSSR count). The van der Waals surface area contributed by atoms with Crippen LogP contribution in [0.5, 0.6) is 0 Å². The minimum Gasteiger partial charge on any atom is -0.368 e. The summed E-state index contributed by atoms with van der Waals surface area (Å²) in [5.74, 6) is 0. The third-order valence-electron chi connectivity index (χ3n) is 2.44. The van der Waals surface area contributed by atoms with Gasteiger partial charge in [-0.05, 0) is 24.3 Å². The number of nitrogens with two attached hydrogens (primary N) is 2. The van der Waals surface area contributed by atoms with Crippen LogP contribution in [0.3, 0.4) is 0 Å². The van der Waals surface area contributed by atoms with Crippen molar-refractivity contribution in [2.24, 2.45) is 10.9 Å². The molecule has 1 aliphatic rings. The molecule has 1 aromatic rings. The van der Waals surface area contributed by atoms with Crippen molar-refractivity contribution in [1.29, 1.82) is 0 Å². The van der Waals surface area contributed by atoms with E-state index in [1.54, 1.807) is 12.1 Å². The summed E-state index contributed by atoms with van der Waals surface area (Å²) in [5.41, 5.74) is 6.62. The zero-order valence-electron chi connectivity index (χ0n) is 8.13. The van der Waals surface area contributed by atoms with Gasteiger partial charge in [-0.1, -0.05) is 0 Å². The molecule has 0 spiro atoms. The van der Waals surface area contributed by atoms with Crippen molar-refractivity contribution in [3.05, 3.63) is 24.3 Å². The highest BCUT2D eigenvalue weighted by Crippen LogP contribution is 2.21. The quantitative estimate of drug-likeness (QED) is 0.711. The molecule has 1 fully saturated rings. The molecule has 15 heavy (non-hydrogen) atoms. The highest BCUT2D eigenvalue weighted by atomic mass is 32.2. The van der Waals surface area contributed by atoms with Gasteiger partial charge in [-0.25, -0.2) is 13.6 Å². The van der Waals surface area contributed by atoms with Gasteiger partial charge in [0.2, 0.25) is 10.0 Å². The maximum Gasteiger partial charge on any atom is 0.238 e. The van der Waals surface area contributed by atoms with Crippen LogP contribution in [0.4, 0.5) is 5.69 Å². The first-order valence-electron chi connectivity index (χ1n) is 4.60. The zero-order valence-corrected chi connectivity index (χ0v) is 8.94. The van der Waals surface area contributed by atoms with Crippen LogP contribution >= 0.6 is 0 Å². The van der Waals surface area contributed by atoms with Crippen LogP contribution < -0.4 is 15.8 Å². The van der Waals surface area contributed by atoms with Crippen LogP contribution in [0.2, 0.25) is 0 Å². The summed E-state index contributed by atoms with van der Waals surface area (Å²) < 4.78 is 22.0. The fourth-order valence-corrected chi connectivity index (χ4v) is 2.09. The first-order chi connectivity index (χ1) is 6.97. The molecule has 0 unspecified atom stereocenters. The van der Waals surface area contributed by atoms with Gasteiger partial charge in [-0.15, -0.1) is 0 Å². The fourth-order valence-electron chi connectivity index (χ4n) is 1.57. The molecule has 1 saturated heterocycles. The molecule has 1 aliphatic heterocycles. The Labute approximate surface area is 88.7 Å². The number of nitrogens with zero attached hydrogens (tertiary/aromatic N) is 1. The number of hydrogen-bond acceptors (Lipinski definition) is 4. The Morgan fingerprint density at radius 3 is 2.13 bits per heavy atom. The minimum atomic E-state index is -3.59. The third-order valence-corrected chi connectivity index (χ3v) is 3.37. The Morgan fingerprint density at radius 2 is 1.73 bits per heavy atom. The van der Waals surface area contributed by atoms with E-state index >= 15 is 0 Å². The lowest BCUT2D eigenvalue weighted by Gasteiger charge is -2.38. The van der Waals surface area contributed by atoms with E-state index in [4.69, 9.17) is 10.9 Å². The second-order valence-electron chi connectivity index (χ2n) is 3.70. The third kappa shape index (κ3) is 2.11. The van der Waals surface area contributed by atoms with E-state index in [1.807, 2.05) is 0 Å². The first kappa shape index (κ1) is 10.4. The number of benzene rings is 1. The molecule has 0 radical (unpaired) electrons. The second kappa shape index (κ2) is 3.48. The van der Waals surface area contributed by atoms with Crippen LogP contribution in [0.25, 0.3) is 0 Å². The highest BCUT2D eigenvalue weighted by Gasteiger charge is 2.23. The molecule has 0 saturated carbocycles. The Morgan fingerprint density at radius 1 is 1.20 bits per heavy atom. The van der Waals surface area contributed by atoms with Crippen LogP contribution in [-0.2, 0) is 10.0 Å². The number of sulfonamides is 1. The van der Waals surface area contributed by atoms with Crippen molar-refractivity contribution in [3.63, 3.8) is 0 Å². The summed E-state index contributed by atoms with van der Waals surface area (Å²) in [7, 11) is -3.59. The van der Waals surface area contributed by atoms with Gasteiger partial charge in [-0.2, -0.15) is 0 Å². The Bertz CT molecular complexity index is 449. The Hall–Kier alpha value is -1.11. The van der Waals surface area contributed by atoms with Gasteiger partial charge >= 0.3 is 0 Å². The molecular weight excluding hydrogens is 214 g/mol. The monoisotopic (exact) mass is 227 g/mol. The average Bonchev–Trinajstić information content (AvgIpc) is 2.12. The van der Waals surface area contributed by atoms with E-state index in [-0.39, 0.29) is 10.9 Å². The number of primary sulfonamides is 1. The van der Waals surface area contributed by atoms with Crippen LogP contribution in [-0.4, -0.2) is 27.5 Å². The molecule has 1 aromatic carbocycles. The largest absolute Gasteiger partial charge is 0.368 e. The molecule has 6 heteroatoms. The highest BCUT2D eigenvalue weighted by molar-refractivity contribution is 7.89. The van der Waals surface area contributed by atoms with Crippen molar-refractivity contribution in [2.75, 3.05) is 18.0 Å².